The van der Waals surface area contributed by atoms with Crippen molar-refractivity contribution in [1.29, 1.82) is 0 Å². The molecule has 0 atom stereocenters. The molecule has 1 aromatic carbocycles. The molecule has 0 spiro atoms. The number of hydrogen-bond acceptors (Lipinski definition) is 3. The lowest BCUT2D eigenvalue weighted by Gasteiger charge is -2.11. The Labute approximate surface area is 163 Å². The van der Waals surface area contributed by atoms with Crippen LogP contribution in [0.3, 0.4) is 0 Å². The average Bonchev–Trinajstić information content (AvgIpc) is 3.11. The van der Waals surface area contributed by atoms with Crippen molar-refractivity contribution < 1.29 is 9.18 Å². The first-order chi connectivity index (χ1) is 13.4. The van der Waals surface area contributed by atoms with Gasteiger partial charge in [0, 0.05) is 36.4 Å². The van der Waals surface area contributed by atoms with E-state index in [9.17, 15) is 9.18 Å². The molecule has 5 nitrogen and oxygen atoms in total. The third kappa shape index (κ3) is 4.06. The van der Waals surface area contributed by atoms with Gasteiger partial charge in [-0.15, -0.1) is 0 Å². The van der Waals surface area contributed by atoms with Crippen LogP contribution in [0.15, 0.2) is 61.2 Å². The molecule has 142 valence electrons. The van der Waals surface area contributed by atoms with Crippen molar-refractivity contribution in [3.8, 4) is 11.3 Å². The summed E-state index contributed by atoms with van der Waals surface area (Å²) >= 11 is 0. The Morgan fingerprint density at radius 3 is 2.64 bits per heavy atom. The summed E-state index contributed by atoms with van der Waals surface area (Å²) < 4.78 is 15.1. The topological polar surface area (TPSA) is 59.8 Å². The van der Waals surface area contributed by atoms with Crippen LogP contribution < -0.4 is 5.32 Å². The Kier molecular flexibility index (Phi) is 5.49. The summed E-state index contributed by atoms with van der Waals surface area (Å²) in [6.45, 7) is 7.16. The van der Waals surface area contributed by atoms with E-state index in [2.05, 4.69) is 21.9 Å². The van der Waals surface area contributed by atoms with Crippen molar-refractivity contribution in [1.82, 2.24) is 14.5 Å². The van der Waals surface area contributed by atoms with Gasteiger partial charge in [-0.3, -0.25) is 9.78 Å². The molecule has 0 fully saturated rings. The second-order valence-electron chi connectivity index (χ2n) is 6.45. The lowest BCUT2D eigenvalue weighted by Crippen LogP contribution is -2.17. The first-order valence-electron chi connectivity index (χ1n) is 8.76. The number of nitrogens with one attached hydrogen (secondary N) is 1. The van der Waals surface area contributed by atoms with Gasteiger partial charge in [0.15, 0.2) is 5.82 Å². The summed E-state index contributed by atoms with van der Waals surface area (Å²) in [5.74, 6) is -0.324. The Morgan fingerprint density at radius 1 is 1.25 bits per heavy atom. The Bertz CT molecular complexity index is 1080. The fourth-order valence-corrected chi connectivity index (χ4v) is 2.82. The Morgan fingerprint density at radius 2 is 2.04 bits per heavy atom. The van der Waals surface area contributed by atoms with Gasteiger partial charge in [0.25, 0.3) is 5.91 Å². The number of aromatic nitrogens is 3. The van der Waals surface area contributed by atoms with E-state index in [1.165, 1.54) is 6.08 Å². The number of nitrogens with zero attached hydrogens (tertiary/aromatic N) is 3. The molecule has 0 bridgehead atoms. The molecule has 1 amide bonds. The first-order valence-corrected chi connectivity index (χ1v) is 8.76. The fourth-order valence-electron chi connectivity index (χ4n) is 2.82. The number of benzene rings is 1. The minimum Gasteiger partial charge on any atom is -0.330 e. The lowest BCUT2D eigenvalue weighted by atomic mass is 10.0. The van der Waals surface area contributed by atoms with Gasteiger partial charge in [0.1, 0.15) is 5.83 Å². The molecule has 6 heteroatoms. The molecular weight excluding hydrogens is 355 g/mol. The molecule has 2 heterocycles. The number of allylic oxidation sites excluding steroid dienone is 2. The van der Waals surface area contributed by atoms with Gasteiger partial charge in [-0.05, 0) is 55.3 Å². The zero-order valence-corrected chi connectivity index (χ0v) is 16.0. The standard InChI is InChI=1S/C22H21FN4O/c1-5-18(23)13-16-6-9-20(25-15(16)3)17-7-8-19(14(2)12-17)26-22(28)21-24-10-11-27(21)4/h5-13H,1H2,2-4H3,(H,26,28)/b18-13+. The highest BCUT2D eigenvalue weighted by atomic mass is 19.1. The van der Waals surface area contributed by atoms with Crippen molar-refractivity contribution in [2.45, 2.75) is 13.8 Å². The minimum absolute atomic E-state index is 0.266. The summed E-state index contributed by atoms with van der Waals surface area (Å²) in [5.41, 5.74) is 4.73. The largest absolute Gasteiger partial charge is 0.330 e. The van der Waals surface area contributed by atoms with Crippen LogP contribution in [0.25, 0.3) is 17.3 Å². The van der Waals surface area contributed by atoms with Crippen LogP contribution in [-0.4, -0.2) is 20.4 Å². The number of rotatable bonds is 5. The molecule has 28 heavy (non-hydrogen) atoms. The molecule has 3 aromatic rings. The third-order valence-corrected chi connectivity index (χ3v) is 4.41. The van der Waals surface area contributed by atoms with E-state index in [-0.39, 0.29) is 5.91 Å². The maximum atomic E-state index is 13.4. The molecule has 0 aliphatic heterocycles. The van der Waals surface area contributed by atoms with E-state index in [1.807, 2.05) is 44.2 Å². The minimum atomic E-state index is -0.402. The highest BCUT2D eigenvalue weighted by Gasteiger charge is 2.13. The second-order valence-corrected chi connectivity index (χ2v) is 6.45. The number of hydrogen-bond donors (Lipinski definition) is 1. The highest BCUT2D eigenvalue weighted by molar-refractivity contribution is 6.02. The quantitative estimate of drug-likeness (QED) is 0.648. The van der Waals surface area contributed by atoms with Crippen molar-refractivity contribution in [3.05, 3.63) is 83.9 Å². The number of anilines is 1. The van der Waals surface area contributed by atoms with E-state index in [4.69, 9.17) is 0 Å². The Hall–Kier alpha value is -3.54. The molecule has 0 aliphatic carbocycles. The monoisotopic (exact) mass is 376 g/mol. The van der Waals surface area contributed by atoms with Crippen molar-refractivity contribution in [3.63, 3.8) is 0 Å². The predicted molar refractivity (Wildman–Crippen MR) is 110 cm³/mol. The molecule has 0 unspecified atom stereocenters. The number of pyridine rings is 1. The van der Waals surface area contributed by atoms with Gasteiger partial charge in [-0.2, -0.15) is 0 Å². The lowest BCUT2D eigenvalue weighted by molar-refractivity contribution is 0.101. The smallest absolute Gasteiger partial charge is 0.291 e. The molecular formula is C22H21FN4O. The molecule has 3 rings (SSSR count). The van der Waals surface area contributed by atoms with E-state index >= 15 is 0 Å². The van der Waals surface area contributed by atoms with Crippen LogP contribution in [0.5, 0.6) is 0 Å². The number of imidazole rings is 1. The fraction of sp³-hybridized carbons (Fsp3) is 0.136. The van der Waals surface area contributed by atoms with E-state index < -0.39 is 5.83 Å². The van der Waals surface area contributed by atoms with Gasteiger partial charge < -0.3 is 9.88 Å². The normalized spacial score (nSPS) is 11.4. The molecule has 2 aromatic heterocycles. The van der Waals surface area contributed by atoms with Crippen LogP contribution in [0.4, 0.5) is 10.1 Å². The van der Waals surface area contributed by atoms with Gasteiger partial charge >= 0.3 is 0 Å². The summed E-state index contributed by atoms with van der Waals surface area (Å²) in [6.07, 6.45) is 5.87. The average molecular weight is 376 g/mol. The van der Waals surface area contributed by atoms with Crippen LogP contribution in [0, 0.1) is 13.8 Å². The highest BCUT2D eigenvalue weighted by Crippen LogP contribution is 2.25. The Balaban J connectivity index is 1.84. The van der Waals surface area contributed by atoms with Crippen molar-refractivity contribution in [2.75, 3.05) is 5.32 Å². The van der Waals surface area contributed by atoms with Crippen molar-refractivity contribution >= 4 is 17.7 Å². The number of aryl methyl sites for hydroxylation is 3. The van der Waals surface area contributed by atoms with Crippen molar-refractivity contribution in [2.24, 2.45) is 7.05 Å². The van der Waals surface area contributed by atoms with Crippen LogP contribution in [0.2, 0.25) is 0 Å². The van der Waals surface area contributed by atoms with Gasteiger partial charge in [-0.25, -0.2) is 9.37 Å². The predicted octanol–water partition coefficient (Wildman–Crippen LogP) is 4.85. The number of carbonyl (C=O) groups is 1. The van der Waals surface area contributed by atoms with E-state index in [1.54, 1.807) is 24.0 Å². The van der Waals surface area contributed by atoms with Crippen LogP contribution >= 0.6 is 0 Å². The maximum absolute atomic E-state index is 13.4. The maximum Gasteiger partial charge on any atom is 0.291 e. The molecule has 0 saturated heterocycles. The molecule has 1 N–H and O–H groups in total. The zero-order valence-electron chi connectivity index (χ0n) is 16.0. The van der Waals surface area contributed by atoms with Gasteiger partial charge in [-0.1, -0.05) is 18.7 Å². The summed E-state index contributed by atoms with van der Waals surface area (Å²) in [5, 5.41) is 2.88. The molecule has 0 radical (unpaired) electrons. The van der Waals surface area contributed by atoms with Gasteiger partial charge in [0.2, 0.25) is 0 Å². The summed E-state index contributed by atoms with van der Waals surface area (Å²) in [7, 11) is 1.77. The zero-order chi connectivity index (χ0) is 20.3. The van der Waals surface area contributed by atoms with E-state index in [0.717, 1.165) is 28.6 Å². The first kappa shape index (κ1) is 19.2. The van der Waals surface area contributed by atoms with Crippen LogP contribution in [0.1, 0.15) is 27.4 Å². The molecule has 0 aliphatic rings. The SMILES string of the molecule is C=C/C(F)=C\c1ccc(-c2ccc(NC(=O)c3nccn3C)c(C)c2)nc1C. The van der Waals surface area contributed by atoms with E-state index in [0.29, 0.717) is 17.1 Å². The third-order valence-electron chi connectivity index (χ3n) is 4.41. The van der Waals surface area contributed by atoms with Gasteiger partial charge in [0.05, 0.1) is 5.69 Å². The number of carbonyl (C=O) groups excluding carboxylic acids is 1. The summed E-state index contributed by atoms with van der Waals surface area (Å²) in [4.78, 5) is 21.0. The van der Waals surface area contributed by atoms with Crippen LogP contribution in [-0.2, 0) is 7.05 Å². The molecule has 0 saturated carbocycles. The number of amides is 1. The number of halogens is 1. The second kappa shape index (κ2) is 8.00. The summed E-state index contributed by atoms with van der Waals surface area (Å²) in [6, 6.07) is 9.36.